The highest BCUT2D eigenvalue weighted by atomic mass is 16.5. The maximum atomic E-state index is 13.3. The molecule has 7 nitrogen and oxygen atoms in total. The maximum absolute atomic E-state index is 13.3. The van der Waals surface area contributed by atoms with Gasteiger partial charge < -0.3 is 23.8 Å². The van der Waals surface area contributed by atoms with Crippen LogP contribution in [0.15, 0.2) is 79.1 Å². The molecule has 2 heterocycles. The lowest BCUT2D eigenvalue weighted by atomic mass is 9.84. The SMILES string of the molecule is COc1ccccc1C(c1c(O)c2cc(C)ccc2oc1=O)c1c(O)c2cc(C)ccc2oc1=O. The molecule has 5 rings (SSSR count). The van der Waals surface area contributed by atoms with Gasteiger partial charge in [-0.05, 0) is 44.2 Å². The van der Waals surface area contributed by atoms with Crippen molar-refractivity contribution in [3.8, 4) is 17.2 Å². The van der Waals surface area contributed by atoms with Crippen molar-refractivity contribution < 1.29 is 23.8 Å². The van der Waals surface area contributed by atoms with Crippen molar-refractivity contribution in [2.45, 2.75) is 19.8 Å². The molecule has 2 aromatic heterocycles. The minimum Gasteiger partial charge on any atom is -0.507 e. The van der Waals surface area contributed by atoms with Crippen molar-refractivity contribution in [3.63, 3.8) is 0 Å². The van der Waals surface area contributed by atoms with Gasteiger partial charge in [-0.1, -0.05) is 41.5 Å². The summed E-state index contributed by atoms with van der Waals surface area (Å²) in [4.78, 5) is 26.6. The Morgan fingerprint density at radius 2 is 1.23 bits per heavy atom. The van der Waals surface area contributed by atoms with Crippen molar-refractivity contribution >= 4 is 21.9 Å². The lowest BCUT2D eigenvalue weighted by Gasteiger charge is -2.21. The summed E-state index contributed by atoms with van der Waals surface area (Å²) in [5.41, 5.74) is 0.339. The molecule has 5 aromatic rings. The molecule has 0 saturated carbocycles. The third-order valence-electron chi connectivity index (χ3n) is 6.16. The number of aromatic hydroxyl groups is 2. The van der Waals surface area contributed by atoms with Crippen LogP contribution in [0.3, 0.4) is 0 Å². The van der Waals surface area contributed by atoms with Gasteiger partial charge in [-0.15, -0.1) is 0 Å². The third kappa shape index (κ3) is 3.61. The van der Waals surface area contributed by atoms with E-state index in [4.69, 9.17) is 13.6 Å². The summed E-state index contributed by atoms with van der Waals surface area (Å²) in [7, 11) is 1.45. The van der Waals surface area contributed by atoms with Crippen molar-refractivity contribution in [3.05, 3.63) is 109 Å². The van der Waals surface area contributed by atoms with Crippen molar-refractivity contribution in [1.82, 2.24) is 0 Å². The van der Waals surface area contributed by atoms with Crippen LogP contribution in [0.25, 0.3) is 21.9 Å². The van der Waals surface area contributed by atoms with E-state index in [2.05, 4.69) is 0 Å². The fraction of sp³-hybridized carbons (Fsp3) is 0.143. The molecule has 7 heteroatoms. The summed E-state index contributed by atoms with van der Waals surface area (Å²) in [5, 5.41) is 23.3. The van der Waals surface area contributed by atoms with Gasteiger partial charge in [0.2, 0.25) is 0 Å². The van der Waals surface area contributed by atoms with Gasteiger partial charge in [0.05, 0.1) is 34.9 Å². The van der Waals surface area contributed by atoms with Gasteiger partial charge in [0.15, 0.2) is 0 Å². The van der Waals surface area contributed by atoms with Gasteiger partial charge >= 0.3 is 11.3 Å². The number of hydrogen-bond acceptors (Lipinski definition) is 7. The number of rotatable bonds is 4. The van der Waals surface area contributed by atoms with E-state index in [0.29, 0.717) is 22.1 Å². The van der Waals surface area contributed by atoms with E-state index in [1.807, 2.05) is 13.8 Å². The molecular formula is C28H22O7. The van der Waals surface area contributed by atoms with Crippen LogP contribution < -0.4 is 16.0 Å². The summed E-state index contributed by atoms with van der Waals surface area (Å²) < 4.78 is 16.6. The first-order chi connectivity index (χ1) is 16.8. The number of methoxy groups -OCH3 is 1. The van der Waals surface area contributed by atoms with E-state index in [1.54, 1.807) is 60.7 Å². The van der Waals surface area contributed by atoms with Crippen LogP contribution in [0.4, 0.5) is 0 Å². The molecule has 0 unspecified atom stereocenters. The summed E-state index contributed by atoms with van der Waals surface area (Å²) in [6.07, 6.45) is 0. The molecule has 0 atom stereocenters. The number of aryl methyl sites for hydroxylation is 2. The van der Waals surface area contributed by atoms with Gasteiger partial charge in [0.1, 0.15) is 28.4 Å². The maximum Gasteiger partial charge on any atom is 0.344 e. The topological polar surface area (TPSA) is 110 Å². The van der Waals surface area contributed by atoms with Crippen LogP contribution >= 0.6 is 0 Å². The highest BCUT2D eigenvalue weighted by Crippen LogP contribution is 2.44. The smallest absolute Gasteiger partial charge is 0.344 e. The van der Waals surface area contributed by atoms with E-state index in [1.165, 1.54) is 7.11 Å². The Bertz CT molecular complexity index is 1620. The van der Waals surface area contributed by atoms with Crippen LogP contribution in [0.1, 0.15) is 33.7 Å². The van der Waals surface area contributed by atoms with Crippen LogP contribution in [0.5, 0.6) is 17.2 Å². The molecular weight excluding hydrogens is 448 g/mol. The molecule has 0 radical (unpaired) electrons. The molecule has 0 bridgehead atoms. The Morgan fingerprint density at radius 1 is 0.743 bits per heavy atom. The first-order valence-electron chi connectivity index (χ1n) is 11.0. The lowest BCUT2D eigenvalue weighted by molar-refractivity contribution is 0.404. The van der Waals surface area contributed by atoms with Gasteiger partial charge in [-0.3, -0.25) is 0 Å². The van der Waals surface area contributed by atoms with Crippen molar-refractivity contribution in [2.24, 2.45) is 0 Å². The van der Waals surface area contributed by atoms with E-state index in [-0.39, 0.29) is 33.8 Å². The Kier molecular flexibility index (Phi) is 5.32. The standard InChI is InChI=1S/C28H22O7/c1-14-8-10-20-17(12-14)25(29)23(27(31)34-20)22(16-6-4-5-7-19(16)33-3)24-26(30)18-13-15(2)9-11-21(18)35-28(24)32/h4-13,22,29-30H,1-3H3. The first-order valence-corrected chi connectivity index (χ1v) is 11.0. The fourth-order valence-electron chi connectivity index (χ4n) is 4.50. The predicted molar refractivity (Wildman–Crippen MR) is 132 cm³/mol. The minimum absolute atomic E-state index is 0.200. The summed E-state index contributed by atoms with van der Waals surface area (Å²) in [6.45, 7) is 3.68. The second-order valence-corrected chi connectivity index (χ2v) is 8.48. The van der Waals surface area contributed by atoms with Crippen LogP contribution in [0, 0.1) is 13.8 Å². The number of benzene rings is 3. The molecule has 0 aliphatic carbocycles. The molecule has 0 aliphatic rings. The van der Waals surface area contributed by atoms with E-state index in [0.717, 1.165) is 11.1 Å². The zero-order valence-corrected chi connectivity index (χ0v) is 19.3. The average Bonchev–Trinajstić information content (AvgIpc) is 2.84. The zero-order valence-electron chi connectivity index (χ0n) is 19.3. The van der Waals surface area contributed by atoms with E-state index < -0.39 is 17.2 Å². The first kappa shape index (κ1) is 22.3. The van der Waals surface area contributed by atoms with E-state index in [9.17, 15) is 19.8 Å². The molecule has 35 heavy (non-hydrogen) atoms. The zero-order chi connectivity index (χ0) is 24.9. The second-order valence-electron chi connectivity index (χ2n) is 8.48. The third-order valence-corrected chi connectivity index (χ3v) is 6.16. The number of para-hydroxylation sites is 1. The lowest BCUT2D eigenvalue weighted by Crippen LogP contribution is -2.21. The Morgan fingerprint density at radius 3 is 1.71 bits per heavy atom. The molecule has 0 amide bonds. The predicted octanol–water partition coefficient (Wildman–Crippen LogP) is 5.12. The molecule has 0 saturated heterocycles. The summed E-state index contributed by atoms with van der Waals surface area (Å²) in [6, 6.07) is 16.8. The summed E-state index contributed by atoms with van der Waals surface area (Å²) >= 11 is 0. The number of ether oxygens (including phenoxy) is 1. The highest BCUT2D eigenvalue weighted by Gasteiger charge is 2.34. The second kappa shape index (κ2) is 8.36. The monoisotopic (exact) mass is 470 g/mol. The van der Waals surface area contributed by atoms with Gasteiger partial charge in [-0.2, -0.15) is 0 Å². The van der Waals surface area contributed by atoms with E-state index >= 15 is 0 Å². The largest absolute Gasteiger partial charge is 0.507 e. The van der Waals surface area contributed by atoms with Gasteiger partial charge in [0, 0.05) is 5.56 Å². The normalized spacial score (nSPS) is 11.4. The Labute approximate surface area is 199 Å². The molecule has 0 aliphatic heterocycles. The molecule has 3 aromatic carbocycles. The summed E-state index contributed by atoms with van der Waals surface area (Å²) in [5.74, 6) is -1.59. The van der Waals surface area contributed by atoms with Gasteiger partial charge in [0.25, 0.3) is 0 Å². The number of fused-ring (bicyclic) bond motifs is 2. The number of hydrogen-bond donors (Lipinski definition) is 2. The van der Waals surface area contributed by atoms with Crippen LogP contribution in [0.2, 0.25) is 0 Å². The molecule has 0 fully saturated rings. The molecule has 0 spiro atoms. The van der Waals surface area contributed by atoms with Crippen LogP contribution in [-0.4, -0.2) is 17.3 Å². The molecule has 176 valence electrons. The van der Waals surface area contributed by atoms with Gasteiger partial charge in [-0.25, -0.2) is 9.59 Å². The highest BCUT2D eigenvalue weighted by molar-refractivity contribution is 5.87. The fourth-order valence-corrected chi connectivity index (χ4v) is 4.50. The van der Waals surface area contributed by atoms with Crippen molar-refractivity contribution in [1.29, 1.82) is 0 Å². The Balaban J connectivity index is 1.95. The molecule has 2 N–H and O–H groups in total. The average molecular weight is 470 g/mol. The minimum atomic E-state index is -1.24. The van der Waals surface area contributed by atoms with Crippen molar-refractivity contribution in [2.75, 3.05) is 7.11 Å². The quantitative estimate of drug-likeness (QED) is 0.351. The van der Waals surface area contributed by atoms with Crippen LogP contribution in [-0.2, 0) is 0 Å². The Hall–Kier alpha value is -4.52.